The maximum atomic E-state index is 13.6. The summed E-state index contributed by atoms with van der Waals surface area (Å²) >= 11 is 0. The molecule has 0 saturated carbocycles. The number of ether oxygens (including phenoxy) is 1. The average Bonchev–Trinajstić information content (AvgIpc) is 3.31. The van der Waals surface area contributed by atoms with Gasteiger partial charge in [0, 0.05) is 18.2 Å². The molecule has 0 bridgehead atoms. The zero-order valence-electron chi connectivity index (χ0n) is 17.8. The zero-order valence-corrected chi connectivity index (χ0v) is 18.6. The number of benzene rings is 2. The quantitative estimate of drug-likeness (QED) is 0.409. The third kappa shape index (κ3) is 4.70. The van der Waals surface area contributed by atoms with Crippen molar-refractivity contribution in [1.82, 2.24) is 9.29 Å². The topological polar surface area (TPSA) is 92.6 Å². The van der Waals surface area contributed by atoms with E-state index in [1.807, 2.05) is 0 Å². The van der Waals surface area contributed by atoms with Crippen molar-refractivity contribution in [3.8, 4) is 5.75 Å². The number of hydrogen-bond acceptors (Lipinski definition) is 5. The van der Waals surface area contributed by atoms with E-state index in [2.05, 4.69) is 4.98 Å². The molecule has 0 spiro atoms. The summed E-state index contributed by atoms with van der Waals surface area (Å²) in [5, 5.41) is 0.599. The molecule has 0 fully saturated rings. The first kappa shape index (κ1) is 23.6. The van der Waals surface area contributed by atoms with E-state index in [1.165, 1.54) is 37.6 Å². The van der Waals surface area contributed by atoms with Gasteiger partial charge in [-0.25, -0.2) is 8.42 Å². The highest BCUT2D eigenvalue weighted by atomic mass is 32.2. The summed E-state index contributed by atoms with van der Waals surface area (Å²) in [6, 6.07) is 13.4. The number of aromatic nitrogens is 1. The predicted octanol–water partition coefficient (Wildman–Crippen LogP) is 4.54. The van der Waals surface area contributed by atoms with Gasteiger partial charge in [0.25, 0.3) is 5.56 Å². The number of rotatable bonds is 7. The molecule has 0 aliphatic rings. The third-order valence-corrected chi connectivity index (χ3v) is 7.05. The fourth-order valence-electron chi connectivity index (χ4n) is 3.53. The van der Waals surface area contributed by atoms with Gasteiger partial charge in [-0.05, 0) is 47.9 Å². The third-order valence-electron chi connectivity index (χ3n) is 5.20. The molecular formula is C23H19F3N2O5S. The van der Waals surface area contributed by atoms with E-state index in [0.717, 1.165) is 16.4 Å². The van der Waals surface area contributed by atoms with E-state index in [-0.39, 0.29) is 17.9 Å². The maximum Gasteiger partial charge on any atom is 0.417 e. The smallest absolute Gasteiger partial charge is 0.417 e. The Kier molecular flexibility index (Phi) is 6.24. The number of nitrogens with zero attached hydrogens (tertiary/aromatic N) is 1. The van der Waals surface area contributed by atoms with Crippen molar-refractivity contribution in [2.75, 3.05) is 7.11 Å². The summed E-state index contributed by atoms with van der Waals surface area (Å²) in [6.07, 6.45) is -3.57. The molecule has 4 rings (SSSR count). The number of H-pyrrole nitrogens is 1. The van der Waals surface area contributed by atoms with Crippen LogP contribution in [0.3, 0.4) is 0 Å². The molecule has 2 aromatic carbocycles. The SMILES string of the molecule is COc1ccc2cc(CN(Cc3ccco3)S(=O)(=O)c3ccccc3C(F)(F)F)c(=O)[nH]c2c1. The molecule has 1 N–H and O–H groups in total. The number of pyridine rings is 1. The van der Waals surface area contributed by atoms with Crippen LogP contribution in [-0.4, -0.2) is 24.8 Å². The first-order chi connectivity index (χ1) is 16.1. The number of methoxy groups -OCH3 is 1. The van der Waals surface area contributed by atoms with Crippen molar-refractivity contribution >= 4 is 20.9 Å². The van der Waals surface area contributed by atoms with E-state index >= 15 is 0 Å². The molecular weight excluding hydrogens is 473 g/mol. The molecule has 4 aromatic rings. The molecule has 178 valence electrons. The number of sulfonamides is 1. The van der Waals surface area contributed by atoms with Crippen LogP contribution in [0, 0.1) is 0 Å². The summed E-state index contributed by atoms with van der Waals surface area (Å²) in [5.41, 5.74) is -1.35. The first-order valence-electron chi connectivity index (χ1n) is 9.98. The molecule has 0 atom stereocenters. The Balaban J connectivity index is 1.81. The molecule has 0 unspecified atom stereocenters. The average molecular weight is 492 g/mol. The van der Waals surface area contributed by atoms with Crippen LogP contribution in [0.25, 0.3) is 10.9 Å². The lowest BCUT2D eigenvalue weighted by Crippen LogP contribution is -2.33. The number of furan rings is 1. The summed E-state index contributed by atoms with van der Waals surface area (Å²) in [7, 11) is -3.21. The van der Waals surface area contributed by atoms with E-state index in [1.54, 1.807) is 18.2 Å². The highest BCUT2D eigenvalue weighted by Crippen LogP contribution is 2.36. The minimum atomic E-state index is -4.89. The molecule has 0 aliphatic carbocycles. The van der Waals surface area contributed by atoms with Gasteiger partial charge in [0.2, 0.25) is 10.0 Å². The van der Waals surface area contributed by atoms with Crippen LogP contribution in [0.15, 0.2) is 81.0 Å². The van der Waals surface area contributed by atoms with Crippen LogP contribution in [0.4, 0.5) is 13.2 Å². The Labute approximate surface area is 192 Å². The summed E-state index contributed by atoms with van der Waals surface area (Å²) in [5.74, 6) is 0.719. The van der Waals surface area contributed by atoms with E-state index < -0.39 is 38.8 Å². The van der Waals surface area contributed by atoms with Crippen LogP contribution in [0.1, 0.15) is 16.9 Å². The van der Waals surface area contributed by atoms with Crippen LogP contribution >= 0.6 is 0 Å². The van der Waals surface area contributed by atoms with Gasteiger partial charge in [0.1, 0.15) is 11.5 Å². The van der Waals surface area contributed by atoms with Crippen molar-refractivity contribution < 1.29 is 30.7 Å². The number of alkyl halides is 3. The number of aromatic amines is 1. The molecule has 2 aromatic heterocycles. The lowest BCUT2D eigenvalue weighted by Gasteiger charge is -2.23. The van der Waals surface area contributed by atoms with Gasteiger partial charge in [0.15, 0.2) is 0 Å². The monoisotopic (exact) mass is 492 g/mol. The fraction of sp³-hybridized carbons (Fsp3) is 0.174. The number of hydrogen-bond donors (Lipinski definition) is 1. The molecule has 0 aliphatic heterocycles. The minimum absolute atomic E-state index is 0.0530. The number of halogens is 3. The Morgan fingerprint density at radius 2 is 1.79 bits per heavy atom. The minimum Gasteiger partial charge on any atom is -0.497 e. The van der Waals surface area contributed by atoms with Crippen molar-refractivity contribution in [2.45, 2.75) is 24.2 Å². The van der Waals surface area contributed by atoms with Crippen molar-refractivity contribution in [3.63, 3.8) is 0 Å². The maximum absolute atomic E-state index is 13.6. The van der Waals surface area contributed by atoms with Gasteiger partial charge in [-0.15, -0.1) is 0 Å². The highest BCUT2D eigenvalue weighted by Gasteiger charge is 2.39. The van der Waals surface area contributed by atoms with E-state index in [9.17, 15) is 26.4 Å². The Hall–Kier alpha value is -3.57. The predicted molar refractivity (Wildman–Crippen MR) is 118 cm³/mol. The normalized spacial score (nSPS) is 12.4. The van der Waals surface area contributed by atoms with Crippen LogP contribution in [-0.2, 0) is 29.3 Å². The highest BCUT2D eigenvalue weighted by molar-refractivity contribution is 7.89. The number of fused-ring (bicyclic) bond motifs is 1. The molecule has 2 heterocycles. The van der Waals surface area contributed by atoms with E-state index in [4.69, 9.17) is 9.15 Å². The van der Waals surface area contributed by atoms with Crippen LogP contribution < -0.4 is 10.3 Å². The second-order valence-electron chi connectivity index (χ2n) is 7.42. The van der Waals surface area contributed by atoms with Gasteiger partial charge in [-0.2, -0.15) is 17.5 Å². The zero-order chi connectivity index (χ0) is 24.5. The molecule has 11 heteroatoms. The Morgan fingerprint density at radius 3 is 2.47 bits per heavy atom. The lowest BCUT2D eigenvalue weighted by molar-refractivity contribution is -0.139. The van der Waals surface area contributed by atoms with Crippen molar-refractivity contribution in [1.29, 1.82) is 0 Å². The van der Waals surface area contributed by atoms with Gasteiger partial charge in [0.05, 0.1) is 35.9 Å². The largest absolute Gasteiger partial charge is 0.497 e. The van der Waals surface area contributed by atoms with Crippen LogP contribution in [0.5, 0.6) is 5.75 Å². The van der Waals surface area contributed by atoms with Crippen molar-refractivity contribution in [3.05, 3.63) is 94.2 Å². The number of nitrogens with one attached hydrogen (secondary N) is 1. The molecule has 34 heavy (non-hydrogen) atoms. The van der Waals surface area contributed by atoms with Crippen molar-refractivity contribution in [2.24, 2.45) is 0 Å². The fourth-order valence-corrected chi connectivity index (χ4v) is 5.12. The molecule has 0 saturated heterocycles. The molecule has 0 amide bonds. The Morgan fingerprint density at radius 1 is 1.03 bits per heavy atom. The van der Waals surface area contributed by atoms with Gasteiger partial charge >= 0.3 is 6.18 Å². The summed E-state index contributed by atoms with van der Waals surface area (Å²) < 4.78 is 78.8. The molecule has 0 radical (unpaired) electrons. The first-order valence-corrected chi connectivity index (χ1v) is 11.4. The second kappa shape index (κ2) is 8.99. The van der Waals surface area contributed by atoms with Crippen LogP contribution in [0.2, 0.25) is 0 Å². The van der Waals surface area contributed by atoms with Gasteiger partial charge in [-0.1, -0.05) is 12.1 Å². The molecule has 7 nitrogen and oxygen atoms in total. The van der Waals surface area contributed by atoms with Gasteiger partial charge in [-0.3, -0.25) is 4.79 Å². The standard InChI is InChI=1S/C23H19F3N2O5S/c1-32-17-9-8-15-11-16(22(29)27-20(15)12-17)13-28(14-18-5-4-10-33-18)34(30,31)21-7-3-2-6-19(21)23(24,25)26/h2-12H,13-14H2,1H3,(H,27,29). The van der Waals surface area contributed by atoms with E-state index in [0.29, 0.717) is 22.7 Å². The lowest BCUT2D eigenvalue weighted by atomic mass is 10.1. The summed E-state index contributed by atoms with van der Waals surface area (Å²) in [6.45, 7) is -0.853. The second-order valence-corrected chi connectivity index (χ2v) is 9.33. The Bertz CT molecular complexity index is 1480. The summed E-state index contributed by atoms with van der Waals surface area (Å²) in [4.78, 5) is 14.5. The van der Waals surface area contributed by atoms with Gasteiger partial charge < -0.3 is 14.1 Å².